The number of allylic oxidation sites excluding steroid dienone is 8. The molecule has 0 aromatic rings. The van der Waals surface area contributed by atoms with Gasteiger partial charge in [0.1, 0.15) is 0 Å². The predicted octanol–water partition coefficient (Wildman–Crippen LogP) is 7.11. The Morgan fingerprint density at radius 3 is 1.56 bits per heavy atom. The Bertz CT molecular complexity index is 260. The molecule has 0 aliphatic carbocycles. The van der Waals surface area contributed by atoms with E-state index in [1.165, 1.54) is 16.7 Å². The van der Waals surface area contributed by atoms with Gasteiger partial charge in [0.2, 0.25) is 0 Å². The Morgan fingerprint density at radius 2 is 1.22 bits per heavy atom. The van der Waals surface area contributed by atoms with Crippen LogP contribution >= 0.6 is 0 Å². The molecule has 0 radical (unpaired) electrons. The van der Waals surface area contributed by atoms with Crippen LogP contribution in [0.4, 0.5) is 0 Å². The van der Waals surface area contributed by atoms with Gasteiger partial charge in [0.15, 0.2) is 0 Å². The van der Waals surface area contributed by atoms with E-state index in [0.717, 1.165) is 0 Å². The average molecular weight is 252 g/mol. The monoisotopic (exact) mass is 252 g/mol. The van der Waals surface area contributed by atoms with E-state index in [1.54, 1.807) is 0 Å². The average Bonchev–Trinajstić information content (AvgIpc) is 2.40. The Kier molecular flexibility index (Phi) is 30.4. The van der Waals surface area contributed by atoms with Crippen molar-refractivity contribution in [3.63, 3.8) is 0 Å². The molecule has 0 saturated carbocycles. The summed E-state index contributed by atoms with van der Waals surface area (Å²) in [6.45, 7) is 18.5. The van der Waals surface area contributed by atoms with Crippen molar-refractivity contribution < 1.29 is 0 Å². The third kappa shape index (κ3) is 15.0. The molecule has 0 heteroatoms. The van der Waals surface area contributed by atoms with Gasteiger partial charge < -0.3 is 0 Å². The summed E-state index contributed by atoms with van der Waals surface area (Å²) < 4.78 is 0. The second kappa shape index (κ2) is 21.3. The van der Waals surface area contributed by atoms with Crippen LogP contribution in [-0.2, 0) is 0 Å². The first-order valence-electron chi connectivity index (χ1n) is 6.73. The second-order valence-electron chi connectivity index (χ2n) is 3.18. The zero-order valence-electron chi connectivity index (χ0n) is 13.4. The van der Waals surface area contributed by atoms with Crippen molar-refractivity contribution in [1.29, 1.82) is 0 Å². The van der Waals surface area contributed by atoms with Crippen molar-refractivity contribution >= 4 is 0 Å². The smallest absolute Gasteiger partial charge is 0.0392 e. The highest BCUT2D eigenvalue weighted by Gasteiger charge is 1.94. The summed E-state index contributed by atoms with van der Waals surface area (Å²) in [6, 6.07) is 0. The molecule has 0 fully saturated rings. The highest BCUT2D eigenvalue weighted by molar-refractivity contribution is 5.37. The zero-order chi connectivity index (χ0) is 14.3. The minimum atomic E-state index is 0. The fourth-order valence-corrected chi connectivity index (χ4v) is 1.05. The van der Waals surface area contributed by atoms with E-state index < -0.39 is 0 Å². The molecule has 0 atom stereocenters. The van der Waals surface area contributed by atoms with Gasteiger partial charge in [-0.2, -0.15) is 0 Å². The van der Waals surface area contributed by atoms with Crippen LogP contribution in [0, 0.1) is 0 Å². The minimum absolute atomic E-state index is 0. The molecule has 0 unspecified atom stereocenters. The number of hydrogen-bond acceptors (Lipinski definition) is 0. The second-order valence-corrected chi connectivity index (χ2v) is 3.18. The fourth-order valence-electron chi connectivity index (χ4n) is 1.05. The summed E-state index contributed by atoms with van der Waals surface area (Å²) >= 11 is 0. The van der Waals surface area contributed by atoms with Crippen molar-refractivity contribution in [3.8, 4) is 0 Å². The van der Waals surface area contributed by atoms with Gasteiger partial charge in [0.25, 0.3) is 0 Å². The van der Waals surface area contributed by atoms with E-state index in [0.29, 0.717) is 0 Å². The Balaban J connectivity index is -0.000000177. The molecule has 108 valence electrons. The maximum atomic E-state index is 2.16. The summed E-state index contributed by atoms with van der Waals surface area (Å²) in [4.78, 5) is 0. The van der Waals surface area contributed by atoms with Crippen LogP contribution in [0.5, 0.6) is 0 Å². The van der Waals surface area contributed by atoms with Gasteiger partial charge in [0.05, 0.1) is 0 Å². The van der Waals surface area contributed by atoms with Gasteiger partial charge in [-0.1, -0.05) is 65.5 Å². The summed E-state index contributed by atoms with van der Waals surface area (Å²) in [5.41, 5.74) is 4.02. The van der Waals surface area contributed by atoms with Gasteiger partial charge in [-0.25, -0.2) is 0 Å². The maximum absolute atomic E-state index is 2.16. The third-order valence-electron chi connectivity index (χ3n) is 2.14. The van der Waals surface area contributed by atoms with Crippen LogP contribution in [-0.4, -0.2) is 0 Å². The van der Waals surface area contributed by atoms with Gasteiger partial charge in [-0.3, -0.25) is 0 Å². The summed E-state index contributed by atoms with van der Waals surface area (Å²) in [6.07, 6.45) is 10.5. The summed E-state index contributed by atoms with van der Waals surface area (Å²) in [5, 5.41) is 0. The molecule has 0 bridgehead atoms. The molecule has 0 spiro atoms. The van der Waals surface area contributed by atoms with Gasteiger partial charge in [0, 0.05) is 0 Å². The lowest BCUT2D eigenvalue weighted by Crippen LogP contribution is -1.83. The highest BCUT2D eigenvalue weighted by Crippen LogP contribution is 2.14. The first-order chi connectivity index (χ1) is 8.13. The molecular formula is C18H36. The van der Waals surface area contributed by atoms with Crippen molar-refractivity contribution in [1.82, 2.24) is 0 Å². The van der Waals surface area contributed by atoms with Crippen molar-refractivity contribution in [2.45, 2.75) is 69.7 Å². The van der Waals surface area contributed by atoms with E-state index >= 15 is 0 Å². The number of hydrogen-bond donors (Lipinski definition) is 0. The van der Waals surface area contributed by atoms with E-state index in [9.17, 15) is 0 Å². The molecule has 0 N–H and O–H groups in total. The van der Waals surface area contributed by atoms with Crippen LogP contribution in [0.2, 0.25) is 0 Å². The van der Waals surface area contributed by atoms with E-state index in [1.807, 2.05) is 47.6 Å². The van der Waals surface area contributed by atoms with Crippen LogP contribution in [0.15, 0.2) is 47.1 Å². The molecule has 0 aromatic heterocycles. The molecule has 0 aliphatic rings. The summed E-state index contributed by atoms with van der Waals surface area (Å²) in [7, 11) is 0. The SMILES string of the molecule is C.CC.CC.C\C=C/C=C(C)/C(C)=C(C)/C=C\C. The van der Waals surface area contributed by atoms with Crippen LogP contribution in [0.25, 0.3) is 0 Å². The molecule has 0 aliphatic heterocycles. The molecule has 0 amide bonds. The lowest BCUT2D eigenvalue weighted by Gasteiger charge is -2.03. The first-order valence-corrected chi connectivity index (χ1v) is 6.73. The normalized spacial score (nSPS) is 11.9. The van der Waals surface area contributed by atoms with Crippen molar-refractivity contribution in [2.75, 3.05) is 0 Å². The lowest BCUT2D eigenvalue weighted by atomic mass is 10.0. The van der Waals surface area contributed by atoms with E-state index in [4.69, 9.17) is 0 Å². The fraction of sp³-hybridized carbons (Fsp3) is 0.556. The predicted molar refractivity (Wildman–Crippen MR) is 91.2 cm³/mol. The third-order valence-corrected chi connectivity index (χ3v) is 2.14. The Hall–Kier alpha value is -1.04. The largest absolute Gasteiger partial charge is 0.0877 e. The lowest BCUT2D eigenvalue weighted by molar-refractivity contribution is 1.27. The summed E-state index contributed by atoms with van der Waals surface area (Å²) in [5.74, 6) is 0. The van der Waals surface area contributed by atoms with Crippen LogP contribution < -0.4 is 0 Å². The molecule has 0 rings (SSSR count). The quantitative estimate of drug-likeness (QED) is 0.469. The van der Waals surface area contributed by atoms with Crippen molar-refractivity contribution in [2.24, 2.45) is 0 Å². The topological polar surface area (TPSA) is 0 Å². The Labute approximate surface area is 117 Å². The first kappa shape index (κ1) is 25.7. The van der Waals surface area contributed by atoms with Gasteiger partial charge in [-0.15, -0.1) is 0 Å². The molecule has 0 aromatic carbocycles. The maximum Gasteiger partial charge on any atom is -0.0392 e. The molecule has 0 heterocycles. The molecule has 0 saturated heterocycles. The van der Waals surface area contributed by atoms with Crippen molar-refractivity contribution in [3.05, 3.63) is 47.1 Å². The van der Waals surface area contributed by atoms with Gasteiger partial charge in [-0.05, 0) is 51.3 Å². The van der Waals surface area contributed by atoms with Crippen LogP contribution in [0.1, 0.15) is 69.7 Å². The molecular weight excluding hydrogens is 216 g/mol. The minimum Gasteiger partial charge on any atom is -0.0877 e. The highest BCUT2D eigenvalue weighted by atomic mass is 14.0. The van der Waals surface area contributed by atoms with Gasteiger partial charge >= 0.3 is 0 Å². The van der Waals surface area contributed by atoms with Crippen LogP contribution in [0.3, 0.4) is 0 Å². The molecule has 18 heavy (non-hydrogen) atoms. The zero-order valence-corrected chi connectivity index (χ0v) is 13.4. The number of rotatable bonds is 3. The van der Waals surface area contributed by atoms with E-state index in [-0.39, 0.29) is 7.43 Å². The standard InChI is InChI=1S/C13H20.2C2H6.CH4/c1-6-8-10-12(4)13(5)11(3)9-7-2;2*1-2;/h6-10H,1-5H3;2*1-2H3;1H4/b8-6-,9-7-,12-10+,13-11+;;;. The molecule has 0 nitrogen and oxygen atoms in total. The van der Waals surface area contributed by atoms with E-state index in [2.05, 4.69) is 45.1 Å². The Morgan fingerprint density at radius 1 is 0.778 bits per heavy atom.